The first-order valence-electron chi connectivity index (χ1n) is 6.50. The summed E-state index contributed by atoms with van der Waals surface area (Å²) < 4.78 is 26.6. The van der Waals surface area contributed by atoms with Gasteiger partial charge in [0, 0.05) is 12.1 Å². The number of benzene rings is 1. The highest BCUT2D eigenvalue weighted by Gasteiger charge is 2.19. The van der Waals surface area contributed by atoms with Crippen molar-refractivity contribution in [3.05, 3.63) is 35.4 Å². The molecule has 108 valence electrons. The van der Waals surface area contributed by atoms with E-state index in [0.717, 1.165) is 38.5 Å². The van der Waals surface area contributed by atoms with Gasteiger partial charge in [-0.25, -0.2) is 8.78 Å². The van der Waals surface area contributed by atoms with Crippen molar-refractivity contribution in [3.63, 3.8) is 0 Å². The Bertz CT molecular complexity index is 393. The van der Waals surface area contributed by atoms with E-state index in [1.165, 1.54) is 0 Å². The lowest BCUT2D eigenvalue weighted by atomic mass is 9.96. The van der Waals surface area contributed by atoms with E-state index < -0.39 is 11.6 Å². The highest BCUT2D eigenvalue weighted by Crippen LogP contribution is 2.20. The van der Waals surface area contributed by atoms with E-state index in [-0.39, 0.29) is 12.4 Å². The predicted molar refractivity (Wildman–Crippen MR) is 75.5 cm³/mol. The lowest BCUT2D eigenvalue weighted by Gasteiger charge is -2.31. The first kappa shape index (κ1) is 16.3. The summed E-state index contributed by atoms with van der Waals surface area (Å²) >= 11 is 0. The number of halogens is 3. The van der Waals surface area contributed by atoms with E-state index in [4.69, 9.17) is 0 Å². The molecule has 1 heterocycles. The third-order valence-electron chi connectivity index (χ3n) is 3.63. The molecular formula is C14H21ClF2N2. The van der Waals surface area contributed by atoms with Gasteiger partial charge in [-0.05, 0) is 51.5 Å². The molecule has 1 fully saturated rings. The minimum Gasteiger partial charge on any atom is -0.319 e. The maximum atomic E-state index is 13.5. The van der Waals surface area contributed by atoms with Crippen molar-refractivity contribution in [2.75, 3.05) is 26.7 Å². The topological polar surface area (TPSA) is 15.3 Å². The Hall–Kier alpha value is -0.710. The molecule has 0 spiro atoms. The molecule has 1 aliphatic rings. The third-order valence-corrected chi connectivity index (χ3v) is 3.63. The van der Waals surface area contributed by atoms with Crippen molar-refractivity contribution in [1.82, 2.24) is 10.2 Å². The van der Waals surface area contributed by atoms with E-state index in [2.05, 4.69) is 10.2 Å². The minimum absolute atomic E-state index is 0. The zero-order valence-corrected chi connectivity index (χ0v) is 12.0. The summed E-state index contributed by atoms with van der Waals surface area (Å²) in [5, 5.41) is 3.19. The van der Waals surface area contributed by atoms with Crippen LogP contribution in [0.25, 0.3) is 0 Å². The molecule has 0 radical (unpaired) electrons. The standard InChI is InChI=1S/C14H20F2N2.ClH/c1-17-9-11-5-7-18(8-6-11)10-12-3-2-4-13(15)14(12)16;/h2-4,11,17H,5-10H2,1H3;1H. The van der Waals surface area contributed by atoms with Gasteiger partial charge in [0.15, 0.2) is 11.6 Å². The summed E-state index contributed by atoms with van der Waals surface area (Å²) in [6.45, 7) is 3.47. The Morgan fingerprint density at radius 1 is 1.26 bits per heavy atom. The van der Waals surface area contributed by atoms with Crippen LogP contribution in [0.15, 0.2) is 18.2 Å². The summed E-state index contributed by atoms with van der Waals surface area (Å²) in [5.74, 6) is -0.740. The maximum Gasteiger partial charge on any atom is 0.163 e. The van der Waals surface area contributed by atoms with Gasteiger partial charge in [0.05, 0.1) is 0 Å². The monoisotopic (exact) mass is 290 g/mol. The first-order chi connectivity index (χ1) is 8.70. The molecule has 2 rings (SSSR count). The second-order valence-electron chi connectivity index (χ2n) is 4.99. The van der Waals surface area contributed by atoms with Crippen LogP contribution in [-0.2, 0) is 6.54 Å². The summed E-state index contributed by atoms with van der Waals surface area (Å²) in [7, 11) is 1.97. The van der Waals surface area contributed by atoms with Crippen molar-refractivity contribution in [2.24, 2.45) is 5.92 Å². The van der Waals surface area contributed by atoms with Crippen LogP contribution in [0.1, 0.15) is 18.4 Å². The van der Waals surface area contributed by atoms with Crippen molar-refractivity contribution < 1.29 is 8.78 Å². The second kappa shape index (κ2) is 7.78. The number of hydrogen-bond donors (Lipinski definition) is 1. The van der Waals surface area contributed by atoms with Crippen LogP contribution >= 0.6 is 12.4 Å². The molecule has 0 unspecified atom stereocenters. The van der Waals surface area contributed by atoms with Gasteiger partial charge in [0.1, 0.15) is 0 Å². The predicted octanol–water partition coefficient (Wildman–Crippen LogP) is 2.82. The molecule has 1 N–H and O–H groups in total. The molecular weight excluding hydrogens is 270 g/mol. The largest absolute Gasteiger partial charge is 0.319 e. The van der Waals surface area contributed by atoms with Crippen LogP contribution in [-0.4, -0.2) is 31.6 Å². The molecule has 0 amide bonds. The number of piperidine rings is 1. The normalized spacial score (nSPS) is 17.2. The van der Waals surface area contributed by atoms with Crippen molar-refractivity contribution in [3.8, 4) is 0 Å². The highest BCUT2D eigenvalue weighted by molar-refractivity contribution is 5.85. The molecule has 1 saturated heterocycles. The quantitative estimate of drug-likeness (QED) is 0.917. The van der Waals surface area contributed by atoms with Crippen molar-refractivity contribution in [1.29, 1.82) is 0 Å². The van der Waals surface area contributed by atoms with Crippen LogP contribution < -0.4 is 5.32 Å². The van der Waals surface area contributed by atoms with Crippen molar-refractivity contribution in [2.45, 2.75) is 19.4 Å². The van der Waals surface area contributed by atoms with Crippen LogP contribution in [0, 0.1) is 17.6 Å². The van der Waals surface area contributed by atoms with Gasteiger partial charge in [0.25, 0.3) is 0 Å². The van der Waals surface area contributed by atoms with Gasteiger partial charge >= 0.3 is 0 Å². The Balaban J connectivity index is 0.00000180. The van der Waals surface area contributed by atoms with Gasteiger partial charge < -0.3 is 5.32 Å². The van der Waals surface area contributed by atoms with Gasteiger partial charge in [-0.1, -0.05) is 12.1 Å². The Kier molecular flexibility index (Phi) is 6.69. The van der Waals surface area contributed by atoms with E-state index >= 15 is 0 Å². The molecule has 2 nitrogen and oxygen atoms in total. The molecule has 0 saturated carbocycles. The van der Waals surface area contributed by atoms with Crippen LogP contribution in [0.2, 0.25) is 0 Å². The lowest BCUT2D eigenvalue weighted by Crippen LogP contribution is -2.36. The number of nitrogens with zero attached hydrogens (tertiary/aromatic N) is 1. The Morgan fingerprint density at radius 2 is 1.95 bits per heavy atom. The van der Waals surface area contributed by atoms with Crippen LogP contribution in [0.4, 0.5) is 8.78 Å². The molecule has 1 aliphatic heterocycles. The fourth-order valence-electron chi connectivity index (χ4n) is 2.55. The van der Waals surface area contributed by atoms with Gasteiger partial charge in [-0.15, -0.1) is 12.4 Å². The second-order valence-corrected chi connectivity index (χ2v) is 4.99. The van der Waals surface area contributed by atoms with E-state index in [0.29, 0.717) is 18.0 Å². The van der Waals surface area contributed by atoms with Gasteiger partial charge in [-0.2, -0.15) is 0 Å². The smallest absolute Gasteiger partial charge is 0.163 e. The molecule has 0 aromatic heterocycles. The van der Waals surface area contributed by atoms with Gasteiger partial charge in [-0.3, -0.25) is 4.90 Å². The zero-order chi connectivity index (χ0) is 13.0. The molecule has 1 aromatic carbocycles. The fourth-order valence-corrected chi connectivity index (χ4v) is 2.55. The average molecular weight is 291 g/mol. The van der Waals surface area contributed by atoms with Crippen LogP contribution in [0.5, 0.6) is 0 Å². The maximum absolute atomic E-state index is 13.5. The fraction of sp³-hybridized carbons (Fsp3) is 0.571. The number of nitrogens with one attached hydrogen (secondary N) is 1. The number of likely N-dealkylation sites (tertiary alicyclic amines) is 1. The molecule has 5 heteroatoms. The summed E-state index contributed by atoms with van der Waals surface area (Å²) in [5.41, 5.74) is 0.460. The summed E-state index contributed by atoms with van der Waals surface area (Å²) in [6, 6.07) is 4.40. The van der Waals surface area contributed by atoms with Crippen molar-refractivity contribution >= 4 is 12.4 Å². The molecule has 0 atom stereocenters. The molecule has 0 bridgehead atoms. The number of hydrogen-bond acceptors (Lipinski definition) is 2. The Morgan fingerprint density at radius 3 is 2.58 bits per heavy atom. The summed E-state index contributed by atoms with van der Waals surface area (Å²) in [6.07, 6.45) is 2.25. The average Bonchev–Trinajstić information content (AvgIpc) is 2.38. The van der Waals surface area contributed by atoms with Gasteiger partial charge in [0.2, 0.25) is 0 Å². The Labute approximate surface area is 119 Å². The first-order valence-corrected chi connectivity index (χ1v) is 6.50. The number of rotatable bonds is 4. The molecule has 1 aromatic rings. The highest BCUT2D eigenvalue weighted by atomic mass is 35.5. The van der Waals surface area contributed by atoms with Crippen LogP contribution in [0.3, 0.4) is 0 Å². The lowest BCUT2D eigenvalue weighted by molar-refractivity contribution is 0.174. The van der Waals surface area contributed by atoms with E-state index in [9.17, 15) is 8.78 Å². The molecule has 19 heavy (non-hydrogen) atoms. The SMILES string of the molecule is CNCC1CCN(Cc2cccc(F)c2F)CC1.Cl. The molecule has 0 aliphatic carbocycles. The minimum atomic E-state index is -0.752. The third kappa shape index (κ3) is 4.41. The summed E-state index contributed by atoms with van der Waals surface area (Å²) in [4.78, 5) is 2.20. The zero-order valence-electron chi connectivity index (χ0n) is 11.2. The van der Waals surface area contributed by atoms with E-state index in [1.54, 1.807) is 12.1 Å². The van der Waals surface area contributed by atoms with E-state index in [1.807, 2.05) is 7.05 Å².